The van der Waals surface area contributed by atoms with Crippen molar-refractivity contribution in [2.45, 2.75) is 13.8 Å². The molecule has 0 N–H and O–H groups in total. The van der Waals surface area contributed by atoms with E-state index in [0.717, 1.165) is 32.9 Å². The van der Waals surface area contributed by atoms with Gasteiger partial charge < -0.3 is 4.42 Å². The number of hydrogen-bond donors (Lipinski definition) is 0. The van der Waals surface area contributed by atoms with Gasteiger partial charge in [0, 0.05) is 16.1 Å². The zero-order valence-corrected chi connectivity index (χ0v) is 17.6. The van der Waals surface area contributed by atoms with Gasteiger partial charge in [0.15, 0.2) is 0 Å². The fourth-order valence-corrected chi connectivity index (χ4v) is 4.06. The molecule has 1 fully saturated rings. The van der Waals surface area contributed by atoms with Gasteiger partial charge in [-0.2, -0.15) is 0 Å². The highest BCUT2D eigenvalue weighted by Crippen LogP contribution is 2.38. The predicted octanol–water partition coefficient (Wildman–Crippen LogP) is 6.57. The summed E-state index contributed by atoms with van der Waals surface area (Å²) in [5, 5.41) is -0.301. The van der Waals surface area contributed by atoms with Crippen molar-refractivity contribution in [1.82, 2.24) is 0 Å². The Morgan fingerprint density at radius 3 is 2.50 bits per heavy atom. The van der Waals surface area contributed by atoms with Crippen molar-refractivity contribution in [2.24, 2.45) is 0 Å². The number of halogens is 1. The molecule has 2 aromatic carbocycles. The minimum absolute atomic E-state index is 0.301. The van der Waals surface area contributed by atoms with Crippen molar-refractivity contribution in [1.29, 1.82) is 0 Å². The molecule has 6 heteroatoms. The summed E-state index contributed by atoms with van der Waals surface area (Å²) in [6.07, 6.45) is 1.62. The van der Waals surface area contributed by atoms with Crippen molar-refractivity contribution in [3.05, 3.63) is 80.9 Å². The first-order valence-corrected chi connectivity index (χ1v) is 10.2. The summed E-state index contributed by atoms with van der Waals surface area (Å²) in [7, 11) is 0. The van der Waals surface area contributed by atoms with Crippen LogP contribution in [-0.2, 0) is 4.79 Å². The summed E-state index contributed by atoms with van der Waals surface area (Å²) >= 11 is 4.34. The van der Waals surface area contributed by atoms with Crippen molar-refractivity contribution in [2.75, 3.05) is 4.90 Å². The summed E-state index contributed by atoms with van der Waals surface area (Å²) in [6, 6.07) is 17.0. The van der Waals surface area contributed by atoms with Crippen LogP contribution in [-0.4, -0.2) is 11.1 Å². The van der Waals surface area contributed by atoms with E-state index in [0.29, 0.717) is 22.1 Å². The SMILES string of the molecule is Cc1cccc(N2C(=O)S/C(=C/c3ccc(-c4ccc(Br)cc4)o3)C2=O)c1C. The minimum atomic E-state index is -0.328. The Kier molecular flexibility index (Phi) is 5.00. The largest absolute Gasteiger partial charge is 0.457 e. The average Bonchev–Trinajstić information content (AvgIpc) is 3.24. The summed E-state index contributed by atoms with van der Waals surface area (Å²) in [5.74, 6) is 0.905. The first kappa shape index (κ1) is 18.8. The van der Waals surface area contributed by atoms with Gasteiger partial charge in [0.05, 0.1) is 10.6 Å². The molecule has 3 aromatic rings. The Labute approximate surface area is 175 Å². The third-order valence-electron chi connectivity index (χ3n) is 4.64. The lowest BCUT2D eigenvalue weighted by Gasteiger charge is -2.16. The Morgan fingerprint density at radius 2 is 1.75 bits per heavy atom. The zero-order valence-electron chi connectivity index (χ0n) is 15.2. The molecule has 4 rings (SSSR count). The molecule has 1 aromatic heterocycles. The van der Waals surface area contributed by atoms with Crippen molar-refractivity contribution in [3.8, 4) is 11.3 Å². The van der Waals surface area contributed by atoms with E-state index in [9.17, 15) is 9.59 Å². The van der Waals surface area contributed by atoms with Gasteiger partial charge in [-0.25, -0.2) is 4.90 Å². The molecule has 1 saturated heterocycles. The molecule has 0 bridgehead atoms. The summed E-state index contributed by atoms with van der Waals surface area (Å²) in [4.78, 5) is 27.0. The maximum absolute atomic E-state index is 12.9. The van der Waals surface area contributed by atoms with E-state index >= 15 is 0 Å². The second-order valence-corrected chi connectivity index (χ2v) is 8.35. The zero-order chi connectivity index (χ0) is 19.8. The van der Waals surface area contributed by atoms with Gasteiger partial charge in [0.2, 0.25) is 0 Å². The van der Waals surface area contributed by atoms with Crippen LogP contribution in [0.15, 0.2) is 68.4 Å². The number of furan rings is 1. The molecule has 1 aliphatic rings. The number of imide groups is 1. The van der Waals surface area contributed by atoms with E-state index in [4.69, 9.17) is 4.42 Å². The fraction of sp³-hybridized carbons (Fsp3) is 0.0909. The molecule has 0 unspecified atom stereocenters. The second kappa shape index (κ2) is 7.45. The molecule has 0 saturated carbocycles. The second-order valence-electron chi connectivity index (χ2n) is 6.45. The number of carbonyl (C=O) groups is 2. The molecule has 28 heavy (non-hydrogen) atoms. The predicted molar refractivity (Wildman–Crippen MR) is 116 cm³/mol. The minimum Gasteiger partial charge on any atom is -0.457 e. The van der Waals surface area contributed by atoms with Crippen LogP contribution in [0.2, 0.25) is 0 Å². The van der Waals surface area contributed by atoms with E-state index in [1.165, 1.54) is 4.90 Å². The van der Waals surface area contributed by atoms with Gasteiger partial charge >= 0.3 is 0 Å². The number of rotatable bonds is 3. The Morgan fingerprint density at radius 1 is 1.00 bits per heavy atom. The van der Waals surface area contributed by atoms with Crippen molar-refractivity contribution in [3.63, 3.8) is 0 Å². The van der Waals surface area contributed by atoms with E-state index in [2.05, 4.69) is 15.9 Å². The monoisotopic (exact) mass is 453 g/mol. The Bertz CT molecular complexity index is 1120. The van der Waals surface area contributed by atoms with Gasteiger partial charge in [0.25, 0.3) is 11.1 Å². The van der Waals surface area contributed by atoms with E-state index < -0.39 is 0 Å². The number of thioether (sulfide) groups is 1. The highest BCUT2D eigenvalue weighted by molar-refractivity contribution is 9.10. The van der Waals surface area contributed by atoms with Crippen LogP contribution in [0.4, 0.5) is 10.5 Å². The maximum atomic E-state index is 12.9. The van der Waals surface area contributed by atoms with Gasteiger partial charge in [-0.3, -0.25) is 9.59 Å². The molecular weight excluding hydrogens is 438 g/mol. The van der Waals surface area contributed by atoms with Gasteiger partial charge in [-0.1, -0.05) is 40.2 Å². The van der Waals surface area contributed by atoms with Crippen molar-refractivity contribution < 1.29 is 14.0 Å². The van der Waals surface area contributed by atoms with Crippen LogP contribution in [0, 0.1) is 13.8 Å². The van der Waals surface area contributed by atoms with Crippen LogP contribution in [0.3, 0.4) is 0 Å². The Hall–Kier alpha value is -2.57. The van der Waals surface area contributed by atoms with E-state index in [-0.39, 0.29) is 11.1 Å². The van der Waals surface area contributed by atoms with Gasteiger partial charge in [-0.05, 0) is 67.1 Å². The number of aryl methyl sites for hydroxylation is 1. The number of anilines is 1. The van der Waals surface area contributed by atoms with Crippen molar-refractivity contribution >= 4 is 50.6 Å². The molecule has 1 aliphatic heterocycles. The first-order chi connectivity index (χ1) is 13.4. The lowest BCUT2D eigenvalue weighted by molar-refractivity contribution is -0.113. The lowest BCUT2D eigenvalue weighted by Crippen LogP contribution is -2.28. The summed E-state index contributed by atoms with van der Waals surface area (Å²) in [5.41, 5.74) is 3.51. The number of amides is 2. The maximum Gasteiger partial charge on any atom is 0.298 e. The highest BCUT2D eigenvalue weighted by Gasteiger charge is 2.37. The quantitative estimate of drug-likeness (QED) is 0.420. The number of nitrogens with zero attached hydrogens (tertiary/aromatic N) is 1. The molecule has 140 valence electrons. The van der Waals surface area contributed by atoms with Crippen LogP contribution < -0.4 is 4.90 Å². The average molecular weight is 454 g/mol. The smallest absolute Gasteiger partial charge is 0.298 e. The number of hydrogen-bond acceptors (Lipinski definition) is 4. The van der Waals surface area contributed by atoms with Crippen LogP contribution in [0.5, 0.6) is 0 Å². The molecule has 0 atom stereocenters. The normalized spacial score (nSPS) is 15.7. The van der Waals surface area contributed by atoms with E-state index in [1.807, 2.05) is 56.3 Å². The van der Waals surface area contributed by atoms with Gasteiger partial charge in [0.1, 0.15) is 11.5 Å². The highest BCUT2D eigenvalue weighted by atomic mass is 79.9. The third kappa shape index (κ3) is 3.45. The number of benzene rings is 2. The standard InChI is InChI=1S/C22H16BrNO3S/c1-13-4-3-5-18(14(13)2)24-21(25)20(28-22(24)26)12-17-10-11-19(27-17)15-6-8-16(23)9-7-15/h3-12H,1-2H3/b20-12+. The lowest BCUT2D eigenvalue weighted by atomic mass is 10.1. The molecular formula is C22H16BrNO3S. The first-order valence-electron chi connectivity index (χ1n) is 8.64. The van der Waals surface area contributed by atoms with Crippen LogP contribution >= 0.6 is 27.7 Å². The molecule has 0 spiro atoms. The van der Waals surface area contributed by atoms with E-state index in [1.54, 1.807) is 18.2 Å². The molecule has 0 aliphatic carbocycles. The fourth-order valence-electron chi connectivity index (χ4n) is 2.98. The number of carbonyl (C=O) groups excluding carboxylic acids is 2. The summed E-state index contributed by atoms with van der Waals surface area (Å²) < 4.78 is 6.84. The third-order valence-corrected chi connectivity index (χ3v) is 6.04. The van der Waals surface area contributed by atoms with Crippen LogP contribution in [0.1, 0.15) is 16.9 Å². The van der Waals surface area contributed by atoms with Gasteiger partial charge in [-0.15, -0.1) is 0 Å². The topological polar surface area (TPSA) is 50.5 Å². The molecule has 2 amide bonds. The molecule has 0 radical (unpaired) electrons. The molecule has 4 nitrogen and oxygen atoms in total. The van der Waals surface area contributed by atoms with Crippen LogP contribution in [0.25, 0.3) is 17.4 Å². The molecule has 2 heterocycles. The summed E-state index contributed by atoms with van der Waals surface area (Å²) in [6.45, 7) is 3.87. The Balaban J connectivity index is 1.63.